The number of alkyl halides is 2. The van der Waals surface area contributed by atoms with Gasteiger partial charge in [0.2, 0.25) is 11.8 Å². The average Bonchev–Trinajstić information content (AvgIpc) is 2.94. The Morgan fingerprint density at radius 2 is 2.26 bits per heavy atom. The van der Waals surface area contributed by atoms with Crippen LogP contribution in [0.4, 0.5) is 14.5 Å². The van der Waals surface area contributed by atoms with Crippen LogP contribution in [0.5, 0.6) is 0 Å². The van der Waals surface area contributed by atoms with Crippen molar-refractivity contribution in [2.45, 2.75) is 25.2 Å². The summed E-state index contributed by atoms with van der Waals surface area (Å²) < 4.78 is 30.7. The number of anilines is 1. The molecule has 1 fully saturated rings. The molecule has 0 bridgehead atoms. The van der Waals surface area contributed by atoms with E-state index in [1.165, 1.54) is 7.11 Å². The van der Waals surface area contributed by atoms with Crippen LogP contribution in [0.1, 0.15) is 28.9 Å². The SMILES string of the molecule is COC(=O)c1sccc1NC(=O)C1CCC(F)(F)C1. The highest BCUT2D eigenvalue weighted by Crippen LogP contribution is 2.39. The van der Waals surface area contributed by atoms with Crippen molar-refractivity contribution in [3.63, 3.8) is 0 Å². The highest BCUT2D eigenvalue weighted by atomic mass is 32.1. The number of thiophene rings is 1. The first-order chi connectivity index (χ1) is 8.93. The molecule has 0 radical (unpaired) electrons. The van der Waals surface area contributed by atoms with Gasteiger partial charge < -0.3 is 10.1 Å². The van der Waals surface area contributed by atoms with Crippen LogP contribution in [0.15, 0.2) is 11.4 Å². The zero-order valence-corrected chi connectivity index (χ0v) is 11.1. The van der Waals surface area contributed by atoms with Crippen molar-refractivity contribution in [1.29, 1.82) is 0 Å². The first kappa shape index (κ1) is 13.9. The van der Waals surface area contributed by atoms with Crippen LogP contribution in [-0.2, 0) is 9.53 Å². The second-order valence-electron chi connectivity index (χ2n) is 4.44. The number of carbonyl (C=O) groups excluding carboxylic acids is 2. The topological polar surface area (TPSA) is 55.4 Å². The Balaban J connectivity index is 2.04. The fourth-order valence-electron chi connectivity index (χ4n) is 2.07. The third-order valence-corrected chi connectivity index (χ3v) is 3.96. The standard InChI is InChI=1S/C12H13F2NO3S/c1-18-11(17)9-8(3-5-19-9)15-10(16)7-2-4-12(13,14)6-7/h3,5,7H,2,4,6H2,1H3,(H,15,16). The normalized spacial score (nSPS) is 21.1. The van der Waals surface area contributed by atoms with E-state index in [0.29, 0.717) is 5.69 Å². The fraction of sp³-hybridized carbons (Fsp3) is 0.500. The zero-order valence-electron chi connectivity index (χ0n) is 10.2. The minimum atomic E-state index is -2.76. The van der Waals surface area contributed by atoms with Gasteiger partial charge in [0.25, 0.3) is 0 Å². The molecule has 1 heterocycles. The first-order valence-electron chi connectivity index (χ1n) is 5.77. The maximum absolute atomic E-state index is 13.0. The average molecular weight is 289 g/mol. The quantitative estimate of drug-likeness (QED) is 0.870. The molecule has 1 aliphatic rings. The summed E-state index contributed by atoms with van der Waals surface area (Å²) in [4.78, 5) is 23.6. The molecule has 1 N–H and O–H groups in total. The first-order valence-corrected chi connectivity index (χ1v) is 6.65. The molecule has 0 aromatic carbocycles. The molecule has 1 atom stereocenters. The number of rotatable bonds is 3. The highest BCUT2D eigenvalue weighted by molar-refractivity contribution is 7.12. The molecule has 7 heteroatoms. The molecule has 0 spiro atoms. The van der Waals surface area contributed by atoms with Gasteiger partial charge in [-0.1, -0.05) is 0 Å². The Bertz CT molecular complexity index is 501. The predicted molar refractivity (Wildman–Crippen MR) is 66.6 cm³/mol. The van der Waals surface area contributed by atoms with Gasteiger partial charge in [-0.15, -0.1) is 11.3 Å². The van der Waals surface area contributed by atoms with E-state index in [2.05, 4.69) is 10.1 Å². The minimum Gasteiger partial charge on any atom is -0.465 e. The van der Waals surface area contributed by atoms with Crippen molar-refractivity contribution < 1.29 is 23.1 Å². The maximum Gasteiger partial charge on any atom is 0.350 e. The molecule has 1 aromatic heterocycles. The van der Waals surface area contributed by atoms with Gasteiger partial charge in [0.1, 0.15) is 4.88 Å². The van der Waals surface area contributed by atoms with Crippen molar-refractivity contribution >= 4 is 28.9 Å². The molecule has 104 valence electrons. The van der Waals surface area contributed by atoms with Gasteiger partial charge in [0.05, 0.1) is 12.8 Å². The van der Waals surface area contributed by atoms with E-state index >= 15 is 0 Å². The number of hydrogen-bond acceptors (Lipinski definition) is 4. The lowest BCUT2D eigenvalue weighted by molar-refractivity contribution is -0.120. The fourth-order valence-corrected chi connectivity index (χ4v) is 2.83. The van der Waals surface area contributed by atoms with Crippen LogP contribution in [0.3, 0.4) is 0 Å². The maximum atomic E-state index is 13.0. The van der Waals surface area contributed by atoms with Crippen molar-refractivity contribution in [3.05, 3.63) is 16.3 Å². The molecule has 1 amide bonds. The van der Waals surface area contributed by atoms with E-state index in [1.807, 2.05) is 0 Å². The van der Waals surface area contributed by atoms with E-state index in [-0.39, 0.29) is 17.7 Å². The van der Waals surface area contributed by atoms with E-state index in [1.54, 1.807) is 11.4 Å². The van der Waals surface area contributed by atoms with Gasteiger partial charge in [0.15, 0.2) is 0 Å². The molecule has 0 aliphatic heterocycles. The van der Waals surface area contributed by atoms with Crippen LogP contribution >= 0.6 is 11.3 Å². The smallest absolute Gasteiger partial charge is 0.350 e. The monoisotopic (exact) mass is 289 g/mol. The largest absolute Gasteiger partial charge is 0.465 e. The highest BCUT2D eigenvalue weighted by Gasteiger charge is 2.42. The Morgan fingerprint density at radius 1 is 1.53 bits per heavy atom. The van der Waals surface area contributed by atoms with Crippen LogP contribution in [-0.4, -0.2) is 24.9 Å². The van der Waals surface area contributed by atoms with E-state index in [9.17, 15) is 18.4 Å². The summed E-state index contributed by atoms with van der Waals surface area (Å²) in [6, 6.07) is 1.56. The molecule has 1 aromatic rings. The summed E-state index contributed by atoms with van der Waals surface area (Å²) in [6.07, 6.45) is -0.536. The van der Waals surface area contributed by atoms with Gasteiger partial charge in [0, 0.05) is 18.8 Å². The van der Waals surface area contributed by atoms with Crippen LogP contribution in [0.2, 0.25) is 0 Å². The number of esters is 1. The lowest BCUT2D eigenvalue weighted by atomic mass is 10.1. The van der Waals surface area contributed by atoms with Gasteiger partial charge in [-0.3, -0.25) is 4.79 Å². The van der Waals surface area contributed by atoms with Crippen molar-refractivity contribution in [2.75, 3.05) is 12.4 Å². The summed E-state index contributed by atoms with van der Waals surface area (Å²) in [7, 11) is 1.24. The molecular formula is C12H13F2NO3S. The zero-order chi connectivity index (χ0) is 14.0. The molecular weight excluding hydrogens is 276 g/mol. The Hall–Kier alpha value is -1.50. The molecule has 0 saturated heterocycles. The van der Waals surface area contributed by atoms with E-state index in [0.717, 1.165) is 11.3 Å². The van der Waals surface area contributed by atoms with Gasteiger partial charge in [-0.25, -0.2) is 13.6 Å². The second-order valence-corrected chi connectivity index (χ2v) is 5.36. The number of halogens is 2. The van der Waals surface area contributed by atoms with Gasteiger partial charge in [-0.05, 0) is 17.9 Å². The second kappa shape index (κ2) is 5.24. The molecule has 4 nitrogen and oxygen atoms in total. The predicted octanol–water partition coefficient (Wildman–Crippen LogP) is 2.91. The van der Waals surface area contributed by atoms with E-state index < -0.39 is 30.1 Å². The molecule has 1 unspecified atom stereocenters. The summed E-state index contributed by atoms with van der Waals surface area (Å²) in [6.45, 7) is 0. The Morgan fingerprint density at radius 3 is 2.84 bits per heavy atom. The van der Waals surface area contributed by atoms with Crippen LogP contribution < -0.4 is 5.32 Å². The summed E-state index contributed by atoms with van der Waals surface area (Å²) in [5, 5.41) is 4.15. The number of methoxy groups -OCH3 is 1. The van der Waals surface area contributed by atoms with Gasteiger partial charge >= 0.3 is 5.97 Å². The summed E-state index contributed by atoms with van der Waals surface area (Å²) in [5.74, 6) is -4.50. The molecule has 1 saturated carbocycles. The number of nitrogens with one attached hydrogen (secondary N) is 1. The molecule has 1 aliphatic carbocycles. The minimum absolute atomic E-state index is 0.163. The van der Waals surface area contributed by atoms with Gasteiger partial charge in [-0.2, -0.15) is 0 Å². The number of amides is 1. The Kier molecular flexibility index (Phi) is 3.84. The summed E-state index contributed by atoms with van der Waals surface area (Å²) in [5.41, 5.74) is 0.317. The van der Waals surface area contributed by atoms with Crippen molar-refractivity contribution in [1.82, 2.24) is 0 Å². The third-order valence-electron chi connectivity index (χ3n) is 3.07. The van der Waals surface area contributed by atoms with Crippen molar-refractivity contribution in [2.24, 2.45) is 5.92 Å². The van der Waals surface area contributed by atoms with E-state index in [4.69, 9.17) is 0 Å². The third kappa shape index (κ3) is 3.09. The lowest BCUT2D eigenvalue weighted by Gasteiger charge is -2.11. The van der Waals surface area contributed by atoms with Crippen LogP contribution in [0, 0.1) is 5.92 Å². The number of ether oxygens (including phenoxy) is 1. The van der Waals surface area contributed by atoms with Crippen molar-refractivity contribution in [3.8, 4) is 0 Å². The molecule has 2 rings (SSSR count). The summed E-state index contributed by atoms with van der Waals surface area (Å²) >= 11 is 1.13. The lowest BCUT2D eigenvalue weighted by Crippen LogP contribution is -2.23. The van der Waals surface area contributed by atoms with Crippen LogP contribution in [0.25, 0.3) is 0 Å². The number of hydrogen-bond donors (Lipinski definition) is 1. The molecule has 19 heavy (non-hydrogen) atoms. The Labute approximate surface area is 112 Å². The number of carbonyl (C=O) groups is 2.